The number of methoxy groups -OCH3 is 2. The van der Waals surface area contributed by atoms with Crippen molar-refractivity contribution in [3.05, 3.63) is 88.7 Å². The minimum absolute atomic E-state index is 0.0638. The van der Waals surface area contributed by atoms with Crippen LogP contribution in [0, 0.1) is 0 Å². The number of thioether (sulfide) groups is 1. The van der Waals surface area contributed by atoms with Crippen LogP contribution in [0.2, 0.25) is 0 Å². The minimum atomic E-state index is -0.215. The van der Waals surface area contributed by atoms with Gasteiger partial charge in [0.05, 0.1) is 36.6 Å². The third-order valence-electron chi connectivity index (χ3n) is 5.43. The summed E-state index contributed by atoms with van der Waals surface area (Å²) in [6.07, 6.45) is 0. The molecule has 0 atom stereocenters. The lowest BCUT2D eigenvalue weighted by atomic mass is 10.1. The average Bonchev–Trinajstić information content (AvgIpc) is 3.31. The van der Waals surface area contributed by atoms with Gasteiger partial charge in [-0.25, -0.2) is 4.57 Å². The molecule has 5 aromatic rings. The summed E-state index contributed by atoms with van der Waals surface area (Å²) >= 11 is 1.26. The second kappa shape index (κ2) is 9.03. The molecule has 2 aromatic heterocycles. The Morgan fingerprint density at radius 3 is 2.44 bits per heavy atom. The first-order chi connectivity index (χ1) is 16.6. The summed E-state index contributed by atoms with van der Waals surface area (Å²) in [5, 5.41) is 9.67. The predicted octanol–water partition coefficient (Wildman–Crippen LogP) is 4.03. The topological polar surface area (TPSA) is 87.7 Å². The van der Waals surface area contributed by atoms with Gasteiger partial charge in [0, 0.05) is 11.6 Å². The zero-order chi connectivity index (χ0) is 23.7. The van der Waals surface area contributed by atoms with Crippen molar-refractivity contribution in [2.24, 2.45) is 0 Å². The van der Waals surface area contributed by atoms with Gasteiger partial charge in [-0.05, 0) is 36.4 Å². The van der Waals surface area contributed by atoms with Crippen LogP contribution in [0.3, 0.4) is 0 Å². The van der Waals surface area contributed by atoms with Crippen LogP contribution in [0.1, 0.15) is 10.4 Å². The summed E-state index contributed by atoms with van der Waals surface area (Å²) in [5.74, 6) is 1.69. The number of fused-ring (bicyclic) bond motifs is 3. The monoisotopic (exact) mass is 472 g/mol. The number of ketones is 1. The number of ether oxygens (including phenoxy) is 2. The molecule has 0 aliphatic rings. The van der Waals surface area contributed by atoms with E-state index in [9.17, 15) is 9.59 Å². The van der Waals surface area contributed by atoms with E-state index < -0.39 is 0 Å². The summed E-state index contributed by atoms with van der Waals surface area (Å²) in [4.78, 5) is 26.2. The van der Waals surface area contributed by atoms with Crippen LogP contribution in [0.4, 0.5) is 0 Å². The molecule has 8 nitrogen and oxygen atoms in total. The Kier molecular flexibility index (Phi) is 5.77. The summed E-state index contributed by atoms with van der Waals surface area (Å²) < 4.78 is 13.9. The average molecular weight is 473 g/mol. The van der Waals surface area contributed by atoms with Crippen molar-refractivity contribution in [2.75, 3.05) is 20.0 Å². The smallest absolute Gasteiger partial charge is 0.267 e. The fourth-order valence-corrected chi connectivity index (χ4v) is 4.60. The third-order valence-corrected chi connectivity index (χ3v) is 6.36. The Labute approximate surface area is 198 Å². The van der Waals surface area contributed by atoms with Gasteiger partial charge in [-0.1, -0.05) is 42.1 Å². The zero-order valence-corrected chi connectivity index (χ0v) is 19.3. The molecule has 0 aliphatic heterocycles. The van der Waals surface area contributed by atoms with Crippen molar-refractivity contribution < 1.29 is 14.3 Å². The highest BCUT2D eigenvalue weighted by atomic mass is 32.2. The molecule has 0 fully saturated rings. The van der Waals surface area contributed by atoms with Crippen molar-refractivity contribution >= 4 is 34.2 Å². The van der Waals surface area contributed by atoms with Crippen LogP contribution in [0.15, 0.2) is 82.7 Å². The zero-order valence-electron chi connectivity index (χ0n) is 18.5. The number of nitrogens with zero attached hydrogens (tertiary/aromatic N) is 4. The summed E-state index contributed by atoms with van der Waals surface area (Å²) in [5.41, 5.74) is 1.62. The lowest BCUT2D eigenvalue weighted by Gasteiger charge is -2.12. The van der Waals surface area contributed by atoms with Gasteiger partial charge in [0.15, 0.2) is 10.9 Å². The minimum Gasteiger partial charge on any atom is -0.497 e. The van der Waals surface area contributed by atoms with E-state index in [4.69, 9.17) is 9.47 Å². The van der Waals surface area contributed by atoms with Gasteiger partial charge in [0.1, 0.15) is 11.5 Å². The number of benzene rings is 3. The highest BCUT2D eigenvalue weighted by Crippen LogP contribution is 2.25. The molecule has 170 valence electrons. The Bertz CT molecular complexity index is 1590. The maximum Gasteiger partial charge on any atom is 0.267 e. The second-order valence-electron chi connectivity index (χ2n) is 7.42. The second-order valence-corrected chi connectivity index (χ2v) is 8.36. The Balaban J connectivity index is 1.61. The molecule has 0 saturated heterocycles. The number of Topliss-reactive ketones (excluding diaryl/α,β-unsaturated/α-hetero) is 1. The number of para-hydroxylation sites is 1. The molecule has 0 N–H and O–H groups in total. The van der Waals surface area contributed by atoms with E-state index in [0.717, 1.165) is 0 Å². The molecular weight excluding hydrogens is 452 g/mol. The molecule has 3 aromatic carbocycles. The van der Waals surface area contributed by atoms with Gasteiger partial charge < -0.3 is 9.47 Å². The van der Waals surface area contributed by atoms with E-state index in [1.54, 1.807) is 55.0 Å². The van der Waals surface area contributed by atoms with Gasteiger partial charge in [-0.15, -0.1) is 10.2 Å². The van der Waals surface area contributed by atoms with E-state index in [1.165, 1.54) is 16.3 Å². The third kappa shape index (κ3) is 3.80. The van der Waals surface area contributed by atoms with E-state index in [0.29, 0.717) is 44.6 Å². The Morgan fingerprint density at radius 1 is 0.912 bits per heavy atom. The molecule has 0 saturated carbocycles. The van der Waals surface area contributed by atoms with E-state index >= 15 is 0 Å². The van der Waals surface area contributed by atoms with Gasteiger partial charge in [-0.2, -0.15) is 0 Å². The SMILES string of the molecule is COc1cccc(C(=O)CSc2nnc3n(-c4cccc(OC)c4)c(=O)c4ccccc4n23)c1. The van der Waals surface area contributed by atoms with Crippen LogP contribution >= 0.6 is 11.8 Å². The van der Waals surface area contributed by atoms with Crippen LogP contribution in [-0.2, 0) is 0 Å². The van der Waals surface area contributed by atoms with Gasteiger partial charge in [-0.3, -0.25) is 14.0 Å². The Hall–Kier alpha value is -4.11. The van der Waals surface area contributed by atoms with Crippen LogP contribution in [0.5, 0.6) is 11.5 Å². The number of hydrogen-bond acceptors (Lipinski definition) is 7. The molecule has 34 heavy (non-hydrogen) atoms. The number of carbonyl (C=O) groups excluding carboxylic acids is 1. The predicted molar refractivity (Wildman–Crippen MR) is 131 cm³/mol. The molecule has 0 spiro atoms. The lowest BCUT2D eigenvalue weighted by molar-refractivity contribution is 0.102. The Morgan fingerprint density at radius 2 is 1.65 bits per heavy atom. The van der Waals surface area contributed by atoms with E-state index in [2.05, 4.69) is 10.2 Å². The first kappa shape index (κ1) is 21.7. The van der Waals surface area contributed by atoms with Gasteiger partial charge >= 0.3 is 0 Å². The normalized spacial score (nSPS) is 11.1. The largest absolute Gasteiger partial charge is 0.497 e. The maximum absolute atomic E-state index is 13.4. The number of aromatic nitrogens is 4. The summed E-state index contributed by atoms with van der Waals surface area (Å²) in [7, 11) is 3.14. The number of hydrogen-bond donors (Lipinski definition) is 0. The standard InChI is InChI=1S/C25H20N4O4S/c1-32-18-9-5-7-16(13-18)22(30)15-34-25-27-26-24-28(17-8-6-10-19(14-17)33-2)23(31)20-11-3-4-12-21(20)29(24)25/h3-14H,15H2,1-2H3. The summed E-state index contributed by atoms with van der Waals surface area (Å²) in [6, 6.07) is 21.5. The van der Waals surface area contributed by atoms with Crippen molar-refractivity contribution in [3.63, 3.8) is 0 Å². The number of carbonyl (C=O) groups is 1. The van der Waals surface area contributed by atoms with Crippen molar-refractivity contribution in [3.8, 4) is 17.2 Å². The lowest BCUT2D eigenvalue weighted by Crippen LogP contribution is -2.22. The van der Waals surface area contributed by atoms with Gasteiger partial charge in [0.2, 0.25) is 5.78 Å². The van der Waals surface area contributed by atoms with Crippen molar-refractivity contribution in [1.82, 2.24) is 19.2 Å². The molecular formula is C25H20N4O4S. The highest BCUT2D eigenvalue weighted by Gasteiger charge is 2.19. The van der Waals surface area contributed by atoms with E-state index in [-0.39, 0.29) is 17.1 Å². The van der Waals surface area contributed by atoms with Gasteiger partial charge in [0.25, 0.3) is 5.56 Å². The fraction of sp³-hybridized carbons (Fsp3) is 0.120. The van der Waals surface area contributed by atoms with E-state index in [1.807, 2.05) is 36.4 Å². The molecule has 0 aliphatic carbocycles. The highest BCUT2D eigenvalue weighted by molar-refractivity contribution is 7.99. The van der Waals surface area contributed by atoms with Crippen molar-refractivity contribution in [2.45, 2.75) is 5.16 Å². The quantitative estimate of drug-likeness (QED) is 0.261. The summed E-state index contributed by atoms with van der Waals surface area (Å²) in [6.45, 7) is 0. The van der Waals surface area contributed by atoms with Crippen LogP contribution in [0.25, 0.3) is 22.4 Å². The van der Waals surface area contributed by atoms with Crippen LogP contribution in [-0.4, -0.2) is 44.9 Å². The molecule has 5 rings (SSSR count). The maximum atomic E-state index is 13.4. The van der Waals surface area contributed by atoms with Crippen LogP contribution < -0.4 is 15.0 Å². The van der Waals surface area contributed by atoms with Crippen molar-refractivity contribution in [1.29, 1.82) is 0 Å². The fourth-order valence-electron chi connectivity index (χ4n) is 3.76. The first-order valence-corrected chi connectivity index (χ1v) is 11.4. The molecule has 9 heteroatoms. The molecule has 0 unspecified atom stereocenters. The molecule has 0 bridgehead atoms. The molecule has 2 heterocycles. The first-order valence-electron chi connectivity index (χ1n) is 10.4. The molecule has 0 amide bonds. The number of rotatable bonds is 7. The molecule has 0 radical (unpaired) electrons.